The number of rotatable bonds is 1. The highest BCUT2D eigenvalue weighted by molar-refractivity contribution is 9.10. The second-order valence-electron chi connectivity index (χ2n) is 2.29. The van der Waals surface area contributed by atoms with Crippen LogP contribution in [-0.4, -0.2) is 14.8 Å². The molecule has 2 rings (SSSR count). The molecule has 0 atom stereocenters. The molecule has 0 aliphatic carbocycles. The molecule has 0 aliphatic heterocycles. The molecular weight excluding hydrogens is 298 g/mol. The van der Waals surface area contributed by atoms with Crippen LogP contribution in [-0.2, 0) is 0 Å². The van der Waals surface area contributed by atoms with E-state index in [1.807, 2.05) is 0 Å². The van der Waals surface area contributed by atoms with E-state index >= 15 is 0 Å². The predicted octanol–water partition coefficient (Wildman–Crippen LogP) is 2.79. The zero-order chi connectivity index (χ0) is 11.0. The second-order valence-corrected chi connectivity index (χ2v) is 3.89. The Morgan fingerprint density at radius 2 is 2.31 bits per heavy atom. The van der Waals surface area contributed by atoms with Gasteiger partial charge in [0, 0.05) is 12.4 Å². The van der Waals surface area contributed by atoms with E-state index in [-0.39, 0.29) is 12.3 Å². The first kappa shape index (κ1) is 6.73. The molecule has 0 radical (unpaired) electrons. The van der Waals surface area contributed by atoms with E-state index in [0.717, 1.165) is 0 Å². The fourth-order valence-electron chi connectivity index (χ4n) is 0.883. The standard InChI is InChI=1S/C8H5Br2N3/c9-6-4-12-13(5-6)7-1-2-11-8(10)3-7/h1-5H/i4D,5D. The molecule has 0 N–H and O–H groups in total. The maximum absolute atomic E-state index is 7.72. The van der Waals surface area contributed by atoms with Gasteiger partial charge in [0.25, 0.3) is 0 Å². The molecule has 2 heterocycles. The molecule has 0 saturated heterocycles. The Morgan fingerprint density at radius 1 is 1.46 bits per heavy atom. The van der Waals surface area contributed by atoms with Crippen LogP contribution in [0.2, 0.25) is 0 Å². The number of hydrogen-bond acceptors (Lipinski definition) is 2. The minimum absolute atomic E-state index is 0.0490. The van der Waals surface area contributed by atoms with Gasteiger partial charge in [-0.25, -0.2) is 9.67 Å². The summed E-state index contributed by atoms with van der Waals surface area (Å²) in [4.78, 5) is 3.98. The lowest BCUT2D eigenvalue weighted by atomic mass is 10.4. The highest BCUT2D eigenvalue weighted by atomic mass is 79.9. The van der Waals surface area contributed by atoms with E-state index in [9.17, 15) is 0 Å². The Morgan fingerprint density at radius 3 is 2.92 bits per heavy atom. The summed E-state index contributed by atoms with van der Waals surface area (Å²) in [7, 11) is 0. The molecule has 0 saturated carbocycles. The summed E-state index contributed by atoms with van der Waals surface area (Å²) in [5.74, 6) is 0. The van der Waals surface area contributed by atoms with Gasteiger partial charge in [0.2, 0.25) is 0 Å². The summed E-state index contributed by atoms with van der Waals surface area (Å²) < 4.78 is 17.6. The predicted molar refractivity (Wildman–Crippen MR) is 56.8 cm³/mol. The molecular formula is C8H5Br2N3. The molecule has 13 heavy (non-hydrogen) atoms. The number of nitrogens with zero attached hydrogens (tertiary/aromatic N) is 3. The third-order valence-corrected chi connectivity index (χ3v) is 2.20. The SMILES string of the molecule is [2H]c1nn(-c2ccnc(Br)c2)c([2H])c1Br. The second kappa shape index (κ2) is 3.59. The fourth-order valence-corrected chi connectivity index (χ4v) is 1.48. The van der Waals surface area contributed by atoms with Crippen LogP contribution in [0.1, 0.15) is 2.74 Å². The molecule has 2 aromatic heterocycles. The van der Waals surface area contributed by atoms with Crippen LogP contribution in [0.15, 0.2) is 39.8 Å². The molecule has 0 aliphatic rings. The van der Waals surface area contributed by atoms with Crippen LogP contribution in [0.4, 0.5) is 0 Å². The Hall–Kier alpha value is -0.680. The number of aromatic nitrogens is 3. The lowest BCUT2D eigenvalue weighted by Gasteiger charge is -1.99. The van der Waals surface area contributed by atoms with Gasteiger partial charge in [-0.1, -0.05) is 0 Å². The first-order chi connectivity index (χ1) is 7.09. The van der Waals surface area contributed by atoms with E-state index in [1.165, 1.54) is 4.68 Å². The van der Waals surface area contributed by atoms with Gasteiger partial charge >= 0.3 is 0 Å². The van der Waals surface area contributed by atoms with Crippen molar-refractivity contribution in [1.29, 1.82) is 0 Å². The topological polar surface area (TPSA) is 30.7 Å². The molecule has 0 fully saturated rings. The van der Waals surface area contributed by atoms with Crippen LogP contribution in [0.5, 0.6) is 0 Å². The van der Waals surface area contributed by atoms with E-state index in [4.69, 9.17) is 2.74 Å². The summed E-state index contributed by atoms with van der Waals surface area (Å²) in [5, 5.41) is 3.92. The Labute approximate surface area is 94.9 Å². The average molecular weight is 305 g/mol. The van der Waals surface area contributed by atoms with Crippen molar-refractivity contribution in [2.24, 2.45) is 0 Å². The van der Waals surface area contributed by atoms with E-state index in [2.05, 4.69) is 41.9 Å². The Bertz CT molecular complexity index is 513. The highest BCUT2D eigenvalue weighted by Gasteiger charge is 1.98. The molecule has 0 spiro atoms. The normalized spacial score (nSPS) is 12.5. The molecule has 0 unspecified atom stereocenters. The molecule has 0 aromatic carbocycles. The van der Waals surface area contributed by atoms with Crippen molar-refractivity contribution in [1.82, 2.24) is 14.8 Å². The maximum Gasteiger partial charge on any atom is 0.108 e. The lowest BCUT2D eigenvalue weighted by molar-refractivity contribution is 0.876. The van der Waals surface area contributed by atoms with Gasteiger partial charge in [-0.3, -0.25) is 0 Å². The van der Waals surface area contributed by atoms with Gasteiger partial charge in [-0.05, 0) is 44.0 Å². The van der Waals surface area contributed by atoms with Crippen molar-refractivity contribution in [2.45, 2.75) is 0 Å². The fraction of sp³-hybridized carbons (Fsp3) is 0. The monoisotopic (exact) mass is 303 g/mol. The highest BCUT2D eigenvalue weighted by Crippen LogP contribution is 2.14. The van der Waals surface area contributed by atoms with Crippen LogP contribution >= 0.6 is 31.9 Å². The van der Waals surface area contributed by atoms with E-state index < -0.39 is 0 Å². The molecule has 3 nitrogen and oxygen atoms in total. The number of hydrogen-bond donors (Lipinski definition) is 0. The average Bonchev–Trinajstić information content (AvgIpc) is 2.46. The smallest absolute Gasteiger partial charge is 0.108 e. The van der Waals surface area contributed by atoms with Crippen molar-refractivity contribution < 1.29 is 2.74 Å². The minimum Gasteiger partial charge on any atom is -0.249 e. The van der Waals surface area contributed by atoms with Crippen molar-refractivity contribution in [3.63, 3.8) is 0 Å². The van der Waals surface area contributed by atoms with Gasteiger partial charge in [0.05, 0.1) is 19.1 Å². The van der Waals surface area contributed by atoms with E-state index in [1.54, 1.807) is 18.3 Å². The zero-order valence-electron chi connectivity index (χ0n) is 8.33. The molecule has 66 valence electrons. The third-order valence-electron chi connectivity index (χ3n) is 1.41. The summed E-state index contributed by atoms with van der Waals surface area (Å²) in [6, 6.07) is 3.46. The molecule has 5 heteroatoms. The van der Waals surface area contributed by atoms with Crippen molar-refractivity contribution in [3.05, 3.63) is 39.8 Å². The summed E-state index contributed by atoms with van der Waals surface area (Å²) in [6.07, 6.45) is 1.81. The number of halogens is 2. The van der Waals surface area contributed by atoms with Gasteiger partial charge in [0.1, 0.15) is 4.60 Å². The van der Waals surface area contributed by atoms with Crippen molar-refractivity contribution in [2.75, 3.05) is 0 Å². The number of pyridine rings is 1. The van der Waals surface area contributed by atoms with Crippen LogP contribution in [0, 0.1) is 0 Å². The first-order valence-corrected chi connectivity index (χ1v) is 5.02. The lowest BCUT2D eigenvalue weighted by Crippen LogP contribution is -1.93. The Balaban J connectivity index is 2.59. The van der Waals surface area contributed by atoms with Gasteiger partial charge in [-0.15, -0.1) is 0 Å². The van der Waals surface area contributed by atoms with Gasteiger partial charge < -0.3 is 0 Å². The van der Waals surface area contributed by atoms with E-state index in [0.29, 0.717) is 14.8 Å². The summed E-state index contributed by atoms with van der Waals surface area (Å²) in [5.41, 5.74) is 0.695. The minimum atomic E-state index is 0.0490. The van der Waals surface area contributed by atoms with Crippen molar-refractivity contribution in [3.8, 4) is 5.69 Å². The summed E-state index contributed by atoms with van der Waals surface area (Å²) >= 11 is 6.37. The Kier molecular flexibility index (Phi) is 1.86. The summed E-state index contributed by atoms with van der Waals surface area (Å²) in [6.45, 7) is 0. The molecule has 0 bridgehead atoms. The zero-order valence-corrected chi connectivity index (χ0v) is 9.50. The van der Waals surface area contributed by atoms with Gasteiger partial charge in [-0.2, -0.15) is 5.10 Å². The quantitative estimate of drug-likeness (QED) is 0.759. The first-order valence-electron chi connectivity index (χ1n) is 4.43. The van der Waals surface area contributed by atoms with Crippen LogP contribution in [0.3, 0.4) is 0 Å². The van der Waals surface area contributed by atoms with Crippen LogP contribution in [0.25, 0.3) is 5.69 Å². The largest absolute Gasteiger partial charge is 0.249 e. The van der Waals surface area contributed by atoms with Crippen LogP contribution < -0.4 is 0 Å². The molecule has 2 aromatic rings. The maximum atomic E-state index is 7.72. The molecule has 0 amide bonds. The van der Waals surface area contributed by atoms with Gasteiger partial charge in [0.15, 0.2) is 0 Å². The van der Waals surface area contributed by atoms with Crippen molar-refractivity contribution >= 4 is 31.9 Å². The third kappa shape index (κ3) is 1.97.